The summed E-state index contributed by atoms with van der Waals surface area (Å²) in [6.07, 6.45) is 0.674. The summed E-state index contributed by atoms with van der Waals surface area (Å²) in [5.74, 6) is 8.72. The van der Waals surface area contributed by atoms with Crippen LogP contribution in [0.2, 0.25) is 0 Å². The predicted octanol–water partition coefficient (Wildman–Crippen LogP) is 2.13. The number of aryl methyl sites for hydroxylation is 1. The molecule has 0 aliphatic carbocycles. The number of benzene rings is 1. The van der Waals surface area contributed by atoms with Gasteiger partial charge in [0.2, 0.25) is 5.88 Å². The van der Waals surface area contributed by atoms with Crippen molar-refractivity contribution in [3.8, 4) is 23.1 Å². The fraction of sp³-hybridized carbons (Fsp3) is 0.286. The predicted molar refractivity (Wildman–Crippen MR) is 78.8 cm³/mol. The zero-order chi connectivity index (χ0) is 15.2. The van der Waals surface area contributed by atoms with Gasteiger partial charge in [-0.2, -0.15) is 4.98 Å². The molecule has 21 heavy (non-hydrogen) atoms. The van der Waals surface area contributed by atoms with Crippen LogP contribution in [0.15, 0.2) is 24.3 Å². The zero-order valence-corrected chi connectivity index (χ0v) is 12.2. The number of nitrogens with one attached hydrogen (secondary N) is 1. The zero-order valence-electron chi connectivity index (χ0n) is 12.2. The number of hydrogen-bond donors (Lipinski definition) is 2. The van der Waals surface area contributed by atoms with E-state index < -0.39 is 0 Å². The molecule has 0 aliphatic heterocycles. The summed E-state index contributed by atoms with van der Waals surface area (Å²) >= 11 is 0. The van der Waals surface area contributed by atoms with Crippen molar-refractivity contribution in [2.24, 2.45) is 5.84 Å². The van der Waals surface area contributed by atoms with Crippen molar-refractivity contribution < 1.29 is 14.2 Å². The molecular weight excluding hydrogens is 272 g/mol. The Balaban J connectivity index is 2.32. The molecule has 7 nitrogen and oxygen atoms in total. The highest BCUT2D eigenvalue weighted by molar-refractivity contribution is 5.44. The van der Waals surface area contributed by atoms with Crippen LogP contribution >= 0.6 is 0 Å². The lowest BCUT2D eigenvalue weighted by Crippen LogP contribution is -2.10. The van der Waals surface area contributed by atoms with Crippen LogP contribution in [-0.2, 0) is 6.42 Å². The Kier molecular flexibility index (Phi) is 4.78. The van der Waals surface area contributed by atoms with E-state index in [2.05, 4.69) is 15.4 Å². The maximum Gasteiger partial charge on any atom is 0.224 e. The van der Waals surface area contributed by atoms with Gasteiger partial charge in [0.1, 0.15) is 28.9 Å². The van der Waals surface area contributed by atoms with Gasteiger partial charge in [0.25, 0.3) is 0 Å². The van der Waals surface area contributed by atoms with Crippen LogP contribution in [0.4, 0.5) is 5.82 Å². The maximum absolute atomic E-state index is 5.74. The summed E-state index contributed by atoms with van der Waals surface area (Å²) in [5.41, 5.74) is 2.49. The van der Waals surface area contributed by atoms with Crippen molar-refractivity contribution in [3.63, 3.8) is 0 Å². The monoisotopic (exact) mass is 290 g/mol. The molecule has 0 aliphatic rings. The second-order valence-corrected chi connectivity index (χ2v) is 4.16. The van der Waals surface area contributed by atoms with Crippen LogP contribution < -0.4 is 25.5 Å². The molecule has 0 saturated heterocycles. The van der Waals surface area contributed by atoms with E-state index in [4.69, 9.17) is 20.1 Å². The third-order valence-electron chi connectivity index (χ3n) is 2.76. The molecular formula is C14H18N4O3. The number of rotatable bonds is 6. The summed E-state index contributed by atoms with van der Waals surface area (Å²) in [6, 6.07) is 6.86. The average molecular weight is 290 g/mol. The van der Waals surface area contributed by atoms with Crippen LogP contribution in [0.1, 0.15) is 12.7 Å². The van der Waals surface area contributed by atoms with E-state index in [0.717, 1.165) is 0 Å². The largest absolute Gasteiger partial charge is 0.496 e. The van der Waals surface area contributed by atoms with E-state index in [1.165, 1.54) is 0 Å². The van der Waals surface area contributed by atoms with Gasteiger partial charge in [-0.3, -0.25) is 0 Å². The number of nitrogen functional groups attached to an aromatic ring is 1. The standard InChI is InChI=1S/C14H18N4O3/c1-4-12-16-13(18-15)8-14(17-12)21-11-6-9(19-2)5-10(7-11)20-3/h5-8H,4,15H2,1-3H3,(H,16,17,18). The molecule has 112 valence electrons. The number of hydrazine groups is 1. The van der Waals surface area contributed by atoms with Crippen molar-refractivity contribution in [2.45, 2.75) is 13.3 Å². The molecule has 1 aromatic heterocycles. The van der Waals surface area contributed by atoms with Crippen LogP contribution in [0, 0.1) is 0 Å². The van der Waals surface area contributed by atoms with E-state index >= 15 is 0 Å². The quantitative estimate of drug-likeness (QED) is 0.622. The maximum atomic E-state index is 5.74. The highest BCUT2D eigenvalue weighted by Crippen LogP contribution is 2.30. The van der Waals surface area contributed by atoms with Gasteiger partial charge >= 0.3 is 0 Å². The van der Waals surface area contributed by atoms with Gasteiger partial charge in [-0.25, -0.2) is 10.8 Å². The van der Waals surface area contributed by atoms with Crippen molar-refractivity contribution in [2.75, 3.05) is 19.6 Å². The van der Waals surface area contributed by atoms with E-state index in [1.807, 2.05) is 6.92 Å². The summed E-state index contributed by atoms with van der Waals surface area (Å²) in [4.78, 5) is 8.50. The molecule has 1 aromatic carbocycles. The highest BCUT2D eigenvalue weighted by Gasteiger charge is 2.08. The number of nitrogens with zero attached hydrogens (tertiary/aromatic N) is 2. The van der Waals surface area contributed by atoms with E-state index in [-0.39, 0.29) is 0 Å². The highest BCUT2D eigenvalue weighted by atomic mass is 16.5. The minimum atomic E-state index is 0.394. The molecule has 0 saturated carbocycles. The minimum absolute atomic E-state index is 0.394. The Morgan fingerprint density at radius 3 is 2.14 bits per heavy atom. The van der Waals surface area contributed by atoms with Gasteiger partial charge in [-0.15, -0.1) is 0 Å². The van der Waals surface area contributed by atoms with Crippen LogP contribution in [0.3, 0.4) is 0 Å². The van der Waals surface area contributed by atoms with Crippen molar-refractivity contribution in [1.29, 1.82) is 0 Å². The average Bonchev–Trinajstić information content (AvgIpc) is 2.53. The third kappa shape index (κ3) is 3.73. The number of aromatic nitrogens is 2. The molecule has 0 atom stereocenters. The van der Waals surface area contributed by atoms with Gasteiger partial charge in [-0.05, 0) is 0 Å². The van der Waals surface area contributed by atoms with Gasteiger partial charge in [-0.1, -0.05) is 6.92 Å². The van der Waals surface area contributed by atoms with Gasteiger partial charge in [0.15, 0.2) is 0 Å². The van der Waals surface area contributed by atoms with Gasteiger partial charge in [0.05, 0.1) is 14.2 Å². The Labute approximate surface area is 123 Å². The van der Waals surface area contributed by atoms with Crippen LogP contribution in [-0.4, -0.2) is 24.2 Å². The third-order valence-corrected chi connectivity index (χ3v) is 2.76. The smallest absolute Gasteiger partial charge is 0.224 e. The summed E-state index contributed by atoms with van der Waals surface area (Å²) in [7, 11) is 3.16. The van der Waals surface area contributed by atoms with Crippen molar-refractivity contribution in [1.82, 2.24) is 9.97 Å². The SMILES string of the molecule is CCc1nc(NN)cc(Oc2cc(OC)cc(OC)c2)n1. The first-order valence-electron chi connectivity index (χ1n) is 6.44. The Morgan fingerprint density at radius 1 is 1.00 bits per heavy atom. The topological polar surface area (TPSA) is 91.5 Å². The van der Waals surface area contributed by atoms with Crippen molar-refractivity contribution >= 4 is 5.82 Å². The number of anilines is 1. The molecule has 2 rings (SSSR count). The number of methoxy groups -OCH3 is 2. The summed E-state index contributed by atoms with van der Waals surface area (Å²) < 4.78 is 16.1. The molecule has 0 bridgehead atoms. The van der Waals surface area contributed by atoms with E-state index in [9.17, 15) is 0 Å². The second-order valence-electron chi connectivity index (χ2n) is 4.16. The minimum Gasteiger partial charge on any atom is -0.496 e. The van der Waals surface area contributed by atoms with E-state index in [0.29, 0.717) is 41.2 Å². The lowest BCUT2D eigenvalue weighted by Gasteiger charge is -2.11. The Hall–Kier alpha value is -2.54. The molecule has 0 spiro atoms. The van der Waals surface area contributed by atoms with Gasteiger partial charge in [0, 0.05) is 30.7 Å². The molecule has 0 amide bonds. The fourth-order valence-corrected chi connectivity index (χ4v) is 1.72. The number of ether oxygens (including phenoxy) is 3. The Bertz CT molecular complexity index is 521. The number of nitrogens with two attached hydrogens (primary N) is 1. The molecule has 0 fully saturated rings. The van der Waals surface area contributed by atoms with Gasteiger partial charge < -0.3 is 19.6 Å². The first-order valence-corrected chi connectivity index (χ1v) is 6.44. The second kappa shape index (κ2) is 6.76. The van der Waals surface area contributed by atoms with Crippen LogP contribution in [0.25, 0.3) is 0 Å². The molecule has 2 aromatic rings. The summed E-state index contributed by atoms with van der Waals surface area (Å²) in [5, 5.41) is 0. The normalized spacial score (nSPS) is 10.1. The van der Waals surface area contributed by atoms with Crippen LogP contribution in [0.5, 0.6) is 23.1 Å². The number of hydrogen-bond acceptors (Lipinski definition) is 7. The molecule has 1 heterocycles. The first-order chi connectivity index (χ1) is 10.2. The lowest BCUT2D eigenvalue weighted by atomic mass is 10.3. The lowest BCUT2D eigenvalue weighted by molar-refractivity contribution is 0.384. The molecule has 0 unspecified atom stereocenters. The molecule has 3 N–H and O–H groups in total. The fourth-order valence-electron chi connectivity index (χ4n) is 1.72. The van der Waals surface area contributed by atoms with Crippen molar-refractivity contribution in [3.05, 3.63) is 30.1 Å². The first kappa shape index (κ1) is 14.9. The molecule has 0 radical (unpaired) electrons. The Morgan fingerprint density at radius 2 is 1.62 bits per heavy atom. The summed E-state index contributed by atoms with van der Waals surface area (Å²) in [6.45, 7) is 1.95. The molecule has 7 heteroatoms. The van der Waals surface area contributed by atoms with E-state index in [1.54, 1.807) is 38.5 Å².